The van der Waals surface area contributed by atoms with E-state index in [1.807, 2.05) is 13.1 Å². The second kappa shape index (κ2) is 6.49. The average molecular weight is 315 g/mol. The summed E-state index contributed by atoms with van der Waals surface area (Å²) in [6.45, 7) is 2.09. The van der Waals surface area contributed by atoms with E-state index >= 15 is 0 Å². The van der Waals surface area contributed by atoms with Gasteiger partial charge < -0.3 is 10.1 Å². The first-order chi connectivity index (χ1) is 9.93. The van der Waals surface area contributed by atoms with Crippen LogP contribution in [0.1, 0.15) is 28.3 Å². The number of halogens is 3. The molecule has 1 heterocycles. The third-order valence-corrected chi connectivity index (χ3v) is 4.35. The summed E-state index contributed by atoms with van der Waals surface area (Å²) in [5.41, 5.74) is 0.900. The number of benzene rings is 1. The zero-order chi connectivity index (χ0) is 15.5. The van der Waals surface area contributed by atoms with Gasteiger partial charge in [-0.1, -0.05) is 19.1 Å². The van der Waals surface area contributed by atoms with Crippen molar-refractivity contribution < 1.29 is 17.9 Å². The smallest absolute Gasteiger partial charge is 0.406 e. The molecule has 0 radical (unpaired) electrons. The van der Waals surface area contributed by atoms with Crippen molar-refractivity contribution in [1.82, 2.24) is 5.32 Å². The van der Waals surface area contributed by atoms with E-state index in [1.165, 1.54) is 17.0 Å². The maximum absolute atomic E-state index is 12.1. The molecular formula is C15H16F3NOS. The summed E-state index contributed by atoms with van der Waals surface area (Å²) in [6.07, 6.45) is -3.69. The van der Waals surface area contributed by atoms with Crippen LogP contribution < -0.4 is 10.1 Å². The Morgan fingerprint density at radius 3 is 2.29 bits per heavy atom. The molecule has 2 aromatic rings. The number of hydrogen-bond acceptors (Lipinski definition) is 3. The lowest BCUT2D eigenvalue weighted by molar-refractivity contribution is -0.274. The van der Waals surface area contributed by atoms with Crippen LogP contribution in [0.2, 0.25) is 0 Å². The van der Waals surface area contributed by atoms with E-state index in [0.29, 0.717) is 0 Å². The second-order valence-corrected chi connectivity index (χ2v) is 5.70. The molecule has 2 rings (SSSR count). The largest absolute Gasteiger partial charge is 0.573 e. The number of thiophene rings is 1. The summed E-state index contributed by atoms with van der Waals surface area (Å²) in [6, 6.07) is 10.1. The van der Waals surface area contributed by atoms with Crippen molar-refractivity contribution in [3.63, 3.8) is 0 Å². The first-order valence-electron chi connectivity index (χ1n) is 6.54. The van der Waals surface area contributed by atoms with Gasteiger partial charge in [-0.05, 0) is 43.3 Å². The van der Waals surface area contributed by atoms with E-state index in [4.69, 9.17) is 0 Å². The van der Waals surface area contributed by atoms with Crippen LogP contribution in [0.3, 0.4) is 0 Å². The molecule has 0 bridgehead atoms. The van der Waals surface area contributed by atoms with Gasteiger partial charge in [-0.3, -0.25) is 0 Å². The number of nitrogens with one attached hydrogen (secondary N) is 1. The van der Waals surface area contributed by atoms with Crippen molar-refractivity contribution in [3.8, 4) is 5.75 Å². The molecule has 6 heteroatoms. The monoisotopic (exact) mass is 315 g/mol. The van der Waals surface area contributed by atoms with Crippen LogP contribution in [0.4, 0.5) is 13.2 Å². The SMILES string of the molecule is CCc1ccc(C(NC)c2ccc(OC(F)(F)F)cc2)s1. The Hall–Kier alpha value is -1.53. The van der Waals surface area contributed by atoms with E-state index in [-0.39, 0.29) is 11.8 Å². The van der Waals surface area contributed by atoms with Gasteiger partial charge in [-0.2, -0.15) is 0 Å². The summed E-state index contributed by atoms with van der Waals surface area (Å²) in [5, 5.41) is 3.19. The summed E-state index contributed by atoms with van der Waals surface area (Å²) >= 11 is 1.70. The van der Waals surface area contributed by atoms with Gasteiger partial charge in [0.15, 0.2) is 0 Å². The Balaban J connectivity index is 2.19. The van der Waals surface area contributed by atoms with Crippen molar-refractivity contribution in [1.29, 1.82) is 0 Å². The predicted molar refractivity (Wildman–Crippen MR) is 77.7 cm³/mol. The lowest BCUT2D eigenvalue weighted by atomic mass is 10.1. The van der Waals surface area contributed by atoms with Crippen molar-refractivity contribution in [2.45, 2.75) is 25.7 Å². The fourth-order valence-corrected chi connectivity index (χ4v) is 3.17. The summed E-state index contributed by atoms with van der Waals surface area (Å²) in [4.78, 5) is 2.42. The number of hydrogen-bond donors (Lipinski definition) is 1. The maximum Gasteiger partial charge on any atom is 0.573 e. The van der Waals surface area contributed by atoms with Crippen LogP contribution in [0, 0.1) is 0 Å². The van der Waals surface area contributed by atoms with E-state index in [1.54, 1.807) is 23.5 Å². The highest BCUT2D eigenvalue weighted by Gasteiger charge is 2.31. The Labute approximate surface area is 125 Å². The molecule has 21 heavy (non-hydrogen) atoms. The molecule has 0 saturated heterocycles. The number of rotatable bonds is 5. The Bertz CT molecular complexity index is 577. The molecule has 1 N–H and O–H groups in total. The van der Waals surface area contributed by atoms with Crippen molar-refractivity contribution in [3.05, 3.63) is 51.7 Å². The normalized spacial score (nSPS) is 13.2. The van der Waals surface area contributed by atoms with Crippen LogP contribution in [0.5, 0.6) is 5.75 Å². The zero-order valence-electron chi connectivity index (χ0n) is 11.7. The molecule has 0 fully saturated rings. The van der Waals surface area contributed by atoms with E-state index in [0.717, 1.165) is 16.9 Å². The van der Waals surface area contributed by atoms with Gasteiger partial charge in [0.2, 0.25) is 0 Å². The molecule has 1 aromatic heterocycles. The topological polar surface area (TPSA) is 21.3 Å². The van der Waals surface area contributed by atoms with Gasteiger partial charge >= 0.3 is 6.36 Å². The fraction of sp³-hybridized carbons (Fsp3) is 0.333. The van der Waals surface area contributed by atoms with Gasteiger partial charge in [0.1, 0.15) is 5.75 Å². The summed E-state index contributed by atoms with van der Waals surface area (Å²) in [5.74, 6) is -0.207. The number of ether oxygens (including phenoxy) is 1. The molecule has 0 amide bonds. The predicted octanol–water partition coefficient (Wildman–Crippen LogP) is 4.52. The van der Waals surface area contributed by atoms with Crippen LogP contribution in [0.15, 0.2) is 36.4 Å². The maximum atomic E-state index is 12.1. The van der Waals surface area contributed by atoms with Gasteiger partial charge in [0.25, 0.3) is 0 Å². The van der Waals surface area contributed by atoms with Gasteiger partial charge in [0, 0.05) is 9.75 Å². The van der Waals surface area contributed by atoms with Crippen LogP contribution >= 0.6 is 11.3 Å². The molecule has 0 aliphatic rings. The number of aryl methyl sites for hydroxylation is 1. The minimum absolute atomic E-state index is 0.0322. The van der Waals surface area contributed by atoms with E-state index in [9.17, 15) is 13.2 Å². The highest BCUT2D eigenvalue weighted by molar-refractivity contribution is 7.12. The van der Waals surface area contributed by atoms with Crippen LogP contribution in [-0.2, 0) is 6.42 Å². The molecule has 0 saturated carbocycles. The third kappa shape index (κ3) is 4.22. The van der Waals surface area contributed by atoms with Crippen LogP contribution in [-0.4, -0.2) is 13.4 Å². The lowest BCUT2D eigenvalue weighted by Gasteiger charge is -2.16. The molecule has 2 nitrogen and oxygen atoms in total. The third-order valence-electron chi connectivity index (χ3n) is 3.05. The Morgan fingerprint density at radius 2 is 1.81 bits per heavy atom. The second-order valence-electron chi connectivity index (χ2n) is 4.50. The lowest BCUT2D eigenvalue weighted by Crippen LogP contribution is -2.18. The standard InChI is InChI=1S/C15H16F3NOS/c1-3-12-8-9-13(21-12)14(19-2)10-4-6-11(7-5-10)20-15(16,17)18/h4-9,14,19H,3H2,1-2H3. The van der Waals surface area contributed by atoms with Crippen molar-refractivity contribution >= 4 is 11.3 Å². The van der Waals surface area contributed by atoms with Crippen molar-refractivity contribution in [2.75, 3.05) is 7.05 Å². The molecule has 0 aliphatic heterocycles. The highest BCUT2D eigenvalue weighted by Crippen LogP contribution is 2.30. The van der Waals surface area contributed by atoms with E-state index in [2.05, 4.69) is 23.0 Å². The minimum Gasteiger partial charge on any atom is -0.406 e. The summed E-state index contributed by atoms with van der Waals surface area (Å²) in [7, 11) is 1.83. The molecule has 0 aliphatic carbocycles. The molecule has 114 valence electrons. The quantitative estimate of drug-likeness (QED) is 0.876. The first kappa shape index (κ1) is 15.9. The molecule has 0 spiro atoms. The zero-order valence-corrected chi connectivity index (χ0v) is 12.5. The van der Waals surface area contributed by atoms with Crippen LogP contribution in [0.25, 0.3) is 0 Å². The van der Waals surface area contributed by atoms with Gasteiger partial charge in [-0.25, -0.2) is 0 Å². The van der Waals surface area contributed by atoms with Crippen molar-refractivity contribution in [2.24, 2.45) is 0 Å². The summed E-state index contributed by atoms with van der Waals surface area (Å²) < 4.78 is 40.3. The minimum atomic E-state index is -4.66. The van der Waals surface area contributed by atoms with E-state index < -0.39 is 6.36 Å². The molecular weight excluding hydrogens is 299 g/mol. The Kier molecular flexibility index (Phi) is 4.90. The van der Waals surface area contributed by atoms with Gasteiger partial charge in [0.05, 0.1) is 6.04 Å². The fourth-order valence-electron chi connectivity index (χ4n) is 2.07. The molecule has 1 unspecified atom stereocenters. The van der Waals surface area contributed by atoms with Gasteiger partial charge in [-0.15, -0.1) is 24.5 Å². The molecule has 1 aromatic carbocycles. The number of alkyl halides is 3. The highest BCUT2D eigenvalue weighted by atomic mass is 32.1. The Morgan fingerprint density at radius 1 is 1.14 bits per heavy atom. The molecule has 1 atom stereocenters. The first-order valence-corrected chi connectivity index (χ1v) is 7.36. The average Bonchev–Trinajstić information content (AvgIpc) is 2.88.